The third kappa shape index (κ3) is 8.08. The van der Waals surface area contributed by atoms with Crippen LogP contribution >= 0.6 is 11.3 Å². The number of hydrogen-bond acceptors (Lipinski definition) is 7. The molecule has 9 nitrogen and oxygen atoms in total. The first kappa shape index (κ1) is 28.7. The van der Waals surface area contributed by atoms with Crippen molar-refractivity contribution in [2.45, 2.75) is 25.7 Å². The summed E-state index contributed by atoms with van der Waals surface area (Å²) in [6.07, 6.45) is -4.24. The summed E-state index contributed by atoms with van der Waals surface area (Å²) in [5.41, 5.74) is 1.48. The Morgan fingerprint density at radius 3 is 2.39 bits per heavy atom. The molecule has 0 bridgehead atoms. The average Bonchev–Trinajstić information content (AvgIpc) is 3.26. The summed E-state index contributed by atoms with van der Waals surface area (Å²) in [5.74, 6) is -0.986. The van der Waals surface area contributed by atoms with E-state index in [0.29, 0.717) is 53.6 Å². The molecule has 3 aromatic rings. The zero-order valence-corrected chi connectivity index (χ0v) is 21.4. The smallest absolute Gasteiger partial charge is 0.497 e. The topological polar surface area (TPSA) is 111 Å². The van der Waals surface area contributed by atoms with E-state index in [1.165, 1.54) is 49.8 Å². The first-order valence-corrected chi connectivity index (χ1v) is 12.3. The van der Waals surface area contributed by atoms with E-state index in [1.54, 1.807) is 28.1 Å². The number of nitrogens with one attached hydrogen (secondary N) is 1. The van der Waals surface area contributed by atoms with Crippen LogP contribution < -0.4 is 24.3 Å². The summed E-state index contributed by atoms with van der Waals surface area (Å²) >= 11 is 1.20. The molecule has 2 N–H and O–H groups in total. The number of hydrogen-bond donors (Lipinski definition) is 2. The van der Waals surface area contributed by atoms with Crippen molar-refractivity contribution in [2.24, 2.45) is 4.99 Å². The van der Waals surface area contributed by atoms with E-state index >= 15 is 0 Å². The van der Waals surface area contributed by atoms with Crippen molar-refractivity contribution in [3.63, 3.8) is 0 Å². The first-order valence-electron chi connectivity index (χ1n) is 11.4. The van der Waals surface area contributed by atoms with Crippen LogP contribution in [0.4, 0.5) is 13.2 Å². The summed E-state index contributed by atoms with van der Waals surface area (Å²) in [6, 6.07) is 10.1. The highest BCUT2D eigenvalue weighted by Gasteiger charge is 2.31. The lowest BCUT2D eigenvalue weighted by Crippen LogP contribution is -2.23. The molecule has 0 spiro atoms. The number of carboxylic acids is 1. The molecule has 0 fully saturated rings. The second-order valence-electron chi connectivity index (χ2n) is 7.86. The summed E-state index contributed by atoms with van der Waals surface area (Å²) in [6.45, 7) is 1.23. The largest absolute Gasteiger partial charge is 0.573 e. The minimum atomic E-state index is -4.80. The maximum atomic E-state index is 13.1. The molecule has 1 aromatic heterocycles. The molecule has 13 heteroatoms. The minimum absolute atomic E-state index is 0.0119. The number of alkyl halides is 3. The standard InChI is InChI=1S/C25H26F3N3O6S/c1-35-18-8-9-19(21(14-18)36-2)23(34)30-24-31(13-3-11-29-12-10-22(32)33)20(15-38-24)16-4-6-17(7-5-16)37-25(26,27)28/h4-9,14-15,29H,3,10-13H2,1-2H3,(H,32,33)/b30-24-. The molecule has 0 atom stereocenters. The summed E-state index contributed by atoms with van der Waals surface area (Å²) in [4.78, 5) is 28.4. The van der Waals surface area contributed by atoms with Gasteiger partial charge in [-0.25, -0.2) is 0 Å². The van der Waals surface area contributed by atoms with Gasteiger partial charge in [0, 0.05) is 24.5 Å². The molecule has 2 aromatic carbocycles. The lowest BCUT2D eigenvalue weighted by atomic mass is 10.1. The van der Waals surface area contributed by atoms with Gasteiger partial charge >= 0.3 is 12.3 Å². The Hall–Kier alpha value is -3.84. The van der Waals surface area contributed by atoms with E-state index in [2.05, 4.69) is 15.0 Å². The van der Waals surface area contributed by atoms with E-state index in [0.717, 1.165) is 0 Å². The zero-order valence-electron chi connectivity index (χ0n) is 20.6. The maximum Gasteiger partial charge on any atom is 0.573 e. The molecular formula is C25H26F3N3O6S. The molecule has 0 aliphatic rings. The van der Waals surface area contributed by atoms with E-state index in [9.17, 15) is 22.8 Å². The lowest BCUT2D eigenvalue weighted by molar-refractivity contribution is -0.274. The van der Waals surface area contributed by atoms with Crippen LogP contribution in [0.5, 0.6) is 17.2 Å². The number of aliphatic carboxylic acids is 1. The predicted octanol–water partition coefficient (Wildman–Crippen LogP) is 4.33. The quantitative estimate of drug-likeness (QED) is 0.321. The van der Waals surface area contributed by atoms with Crippen molar-refractivity contribution in [3.8, 4) is 28.5 Å². The molecule has 0 saturated heterocycles. The van der Waals surface area contributed by atoms with Gasteiger partial charge in [0.15, 0.2) is 4.80 Å². The van der Waals surface area contributed by atoms with Gasteiger partial charge in [-0.05, 0) is 54.9 Å². The summed E-state index contributed by atoms with van der Waals surface area (Å²) in [7, 11) is 2.92. The maximum absolute atomic E-state index is 13.1. The van der Waals surface area contributed by atoms with Crippen LogP contribution in [-0.4, -0.2) is 55.2 Å². The van der Waals surface area contributed by atoms with Gasteiger partial charge in [0.1, 0.15) is 17.2 Å². The van der Waals surface area contributed by atoms with Gasteiger partial charge < -0.3 is 29.2 Å². The Morgan fingerprint density at radius 1 is 1.05 bits per heavy atom. The number of carbonyl (C=O) groups excluding carboxylic acids is 1. The number of benzene rings is 2. The van der Waals surface area contributed by atoms with Crippen molar-refractivity contribution < 1.29 is 42.1 Å². The second kappa shape index (κ2) is 13.1. The highest BCUT2D eigenvalue weighted by Crippen LogP contribution is 2.28. The summed E-state index contributed by atoms with van der Waals surface area (Å²) in [5, 5.41) is 13.6. The lowest BCUT2D eigenvalue weighted by Gasteiger charge is -2.12. The number of amides is 1. The number of nitrogens with zero attached hydrogens (tertiary/aromatic N) is 2. The number of ether oxygens (including phenoxy) is 3. The van der Waals surface area contributed by atoms with E-state index in [-0.39, 0.29) is 17.7 Å². The van der Waals surface area contributed by atoms with Crippen molar-refractivity contribution in [1.82, 2.24) is 9.88 Å². The third-order valence-corrected chi connectivity index (χ3v) is 6.13. The Bertz CT molecular complexity index is 1320. The summed E-state index contributed by atoms with van der Waals surface area (Å²) < 4.78 is 53.8. The molecular weight excluding hydrogens is 527 g/mol. The van der Waals surface area contributed by atoms with Crippen LogP contribution in [0.25, 0.3) is 11.3 Å². The Morgan fingerprint density at radius 2 is 1.76 bits per heavy atom. The van der Waals surface area contributed by atoms with Crippen LogP contribution in [0.3, 0.4) is 0 Å². The van der Waals surface area contributed by atoms with Crippen molar-refractivity contribution in [2.75, 3.05) is 27.3 Å². The van der Waals surface area contributed by atoms with Gasteiger partial charge in [-0.3, -0.25) is 9.59 Å². The van der Waals surface area contributed by atoms with Crippen LogP contribution in [0, 0.1) is 0 Å². The van der Waals surface area contributed by atoms with E-state index < -0.39 is 18.2 Å². The Kier molecular flexibility index (Phi) is 9.91. The molecule has 0 unspecified atom stereocenters. The normalized spacial score (nSPS) is 11.9. The molecule has 204 valence electrons. The number of carbonyl (C=O) groups is 2. The number of halogens is 3. The molecule has 0 aliphatic carbocycles. The fourth-order valence-corrected chi connectivity index (χ4v) is 4.43. The van der Waals surface area contributed by atoms with Gasteiger partial charge in [-0.1, -0.05) is 0 Å². The molecule has 0 aliphatic heterocycles. The van der Waals surface area contributed by atoms with E-state index in [4.69, 9.17) is 14.6 Å². The fraction of sp³-hybridized carbons (Fsp3) is 0.320. The highest BCUT2D eigenvalue weighted by atomic mass is 32.1. The molecule has 0 saturated carbocycles. The highest BCUT2D eigenvalue weighted by molar-refractivity contribution is 7.07. The van der Waals surface area contributed by atoms with Crippen molar-refractivity contribution in [3.05, 3.63) is 58.2 Å². The predicted molar refractivity (Wildman–Crippen MR) is 134 cm³/mol. The van der Waals surface area contributed by atoms with E-state index in [1.807, 2.05) is 0 Å². The number of methoxy groups -OCH3 is 2. The van der Waals surface area contributed by atoms with Crippen LogP contribution in [0.1, 0.15) is 23.2 Å². The zero-order chi connectivity index (χ0) is 27.7. The molecule has 1 heterocycles. The van der Waals surface area contributed by atoms with Crippen molar-refractivity contribution in [1.29, 1.82) is 0 Å². The molecule has 0 radical (unpaired) electrons. The van der Waals surface area contributed by atoms with Crippen LogP contribution in [-0.2, 0) is 11.3 Å². The average molecular weight is 554 g/mol. The van der Waals surface area contributed by atoms with Crippen LogP contribution in [0.2, 0.25) is 0 Å². The van der Waals surface area contributed by atoms with Gasteiger partial charge in [-0.15, -0.1) is 24.5 Å². The van der Waals surface area contributed by atoms with Gasteiger partial charge in [0.05, 0.1) is 31.9 Å². The Balaban J connectivity index is 1.91. The molecule has 38 heavy (non-hydrogen) atoms. The SMILES string of the molecule is COc1ccc(C(=O)/N=c2\scc(-c3ccc(OC(F)(F)F)cc3)n2CCCNCCC(=O)O)c(OC)c1. The monoisotopic (exact) mass is 553 g/mol. The number of aromatic nitrogens is 1. The minimum Gasteiger partial charge on any atom is -0.497 e. The number of thiazole rings is 1. The number of rotatable bonds is 12. The van der Waals surface area contributed by atoms with Crippen LogP contribution in [0.15, 0.2) is 52.8 Å². The van der Waals surface area contributed by atoms with Gasteiger partial charge in [0.2, 0.25) is 0 Å². The second-order valence-corrected chi connectivity index (χ2v) is 8.69. The van der Waals surface area contributed by atoms with Gasteiger partial charge in [-0.2, -0.15) is 4.99 Å². The third-order valence-electron chi connectivity index (χ3n) is 5.27. The Labute approximate surface area is 220 Å². The fourth-order valence-electron chi connectivity index (χ4n) is 3.50. The first-order chi connectivity index (χ1) is 18.1. The molecule has 3 rings (SSSR count). The van der Waals surface area contributed by atoms with Gasteiger partial charge in [0.25, 0.3) is 5.91 Å². The number of carboxylic acid groups (broad SMARTS) is 1. The van der Waals surface area contributed by atoms with Crippen molar-refractivity contribution >= 4 is 23.2 Å². The molecule has 1 amide bonds.